The molecule has 0 radical (unpaired) electrons. The fraction of sp³-hybridized carbons (Fsp3) is 0.360. The zero-order valence-electron chi connectivity index (χ0n) is 17.3. The van der Waals surface area contributed by atoms with Gasteiger partial charge in [0.15, 0.2) is 0 Å². The lowest BCUT2D eigenvalue weighted by Gasteiger charge is -2.32. The molecule has 0 aliphatic carbocycles. The molecule has 0 fully saturated rings. The van der Waals surface area contributed by atoms with Crippen LogP contribution >= 0.6 is 0 Å². The third kappa shape index (κ3) is 5.35. The first-order valence-electron chi connectivity index (χ1n) is 10.5. The van der Waals surface area contributed by atoms with Gasteiger partial charge >= 0.3 is 0 Å². The SMILES string of the molecule is CCCCCC(NC(=O)CC1c2ccccc2C=CN1C(C)=O)c1ccccc1. The van der Waals surface area contributed by atoms with Crippen molar-refractivity contribution in [3.63, 3.8) is 0 Å². The summed E-state index contributed by atoms with van der Waals surface area (Å²) >= 11 is 0. The molecule has 1 aliphatic heterocycles. The first-order valence-corrected chi connectivity index (χ1v) is 10.5. The van der Waals surface area contributed by atoms with Crippen LogP contribution in [-0.4, -0.2) is 16.7 Å². The van der Waals surface area contributed by atoms with Crippen LogP contribution in [0.2, 0.25) is 0 Å². The van der Waals surface area contributed by atoms with Gasteiger partial charge in [-0.15, -0.1) is 0 Å². The molecule has 0 aromatic heterocycles. The first-order chi connectivity index (χ1) is 14.1. The number of carbonyl (C=O) groups is 2. The maximum atomic E-state index is 13.0. The maximum Gasteiger partial charge on any atom is 0.223 e. The number of fused-ring (bicyclic) bond motifs is 1. The van der Waals surface area contributed by atoms with Crippen molar-refractivity contribution in [2.75, 3.05) is 0 Å². The van der Waals surface area contributed by atoms with Crippen LogP contribution < -0.4 is 5.32 Å². The van der Waals surface area contributed by atoms with Gasteiger partial charge in [-0.1, -0.05) is 80.8 Å². The lowest BCUT2D eigenvalue weighted by molar-refractivity contribution is -0.130. The van der Waals surface area contributed by atoms with E-state index in [0.717, 1.165) is 42.4 Å². The molecule has 4 heteroatoms. The number of rotatable bonds is 8. The first kappa shape index (κ1) is 20.8. The molecule has 0 spiro atoms. The minimum Gasteiger partial charge on any atom is -0.349 e. The Morgan fingerprint density at radius 1 is 1.03 bits per heavy atom. The van der Waals surface area contributed by atoms with Gasteiger partial charge in [0.05, 0.1) is 18.5 Å². The van der Waals surface area contributed by atoms with Crippen molar-refractivity contribution < 1.29 is 9.59 Å². The van der Waals surface area contributed by atoms with Gasteiger partial charge < -0.3 is 10.2 Å². The van der Waals surface area contributed by atoms with E-state index in [0.29, 0.717) is 0 Å². The van der Waals surface area contributed by atoms with Crippen molar-refractivity contribution in [2.45, 2.75) is 58.0 Å². The minimum atomic E-state index is -0.277. The standard InChI is InChI=1S/C25H30N2O2/c1-3-4-6-15-23(21-12-7-5-8-13-21)26-25(29)18-24-22-14-10-9-11-20(22)16-17-27(24)19(2)28/h5,7-14,16-17,23-24H,3-4,6,15,18H2,1-2H3,(H,26,29). The number of carbonyl (C=O) groups excluding carboxylic acids is 2. The van der Waals surface area contributed by atoms with E-state index in [1.165, 1.54) is 0 Å². The molecule has 2 aromatic carbocycles. The Morgan fingerprint density at radius 3 is 2.48 bits per heavy atom. The second-order valence-corrected chi connectivity index (χ2v) is 7.62. The molecule has 152 valence electrons. The Balaban J connectivity index is 1.76. The van der Waals surface area contributed by atoms with Crippen molar-refractivity contribution in [2.24, 2.45) is 0 Å². The molecule has 2 amide bonds. The average Bonchev–Trinajstić information content (AvgIpc) is 2.74. The third-order valence-corrected chi connectivity index (χ3v) is 5.48. The summed E-state index contributed by atoms with van der Waals surface area (Å²) in [5, 5.41) is 3.23. The van der Waals surface area contributed by atoms with Crippen LogP contribution in [0.3, 0.4) is 0 Å². The van der Waals surface area contributed by atoms with Crippen molar-refractivity contribution in [3.8, 4) is 0 Å². The highest BCUT2D eigenvalue weighted by Crippen LogP contribution is 2.33. The summed E-state index contributed by atoms with van der Waals surface area (Å²) in [4.78, 5) is 26.9. The van der Waals surface area contributed by atoms with Crippen LogP contribution in [0.15, 0.2) is 60.8 Å². The van der Waals surface area contributed by atoms with Gasteiger partial charge in [0.1, 0.15) is 0 Å². The van der Waals surface area contributed by atoms with E-state index in [2.05, 4.69) is 24.4 Å². The molecule has 2 unspecified atom stereocenters. The van der Waals surface area contributed by atoms with Gasteiger partial charge in [-0.25, -0.2) is 0 Å². The summed E-state index contributed by atoms with van der Waals surface area (Å²) in [5.41, 5.74) is 3.21. The number of unbranched alkanes of at least 4 members (excludes halogenated alkanes) is 2. The summed E-state index contributed by atoms with van der Waals surface area (Å²) in [5.74, 6) is -0.0900. The fourth-order valence-corrected chi connectivity index (χ4v) is 3.95. The minimum absolute atomic E-state index is 0.00426. The van der Waals surface area contributed by atoms with Crippen LogP contribution in [-0.2, 0) is 9.59 Å². The van der Waals surface area contributed by atoms with Gasteiger partial charge in [0.25, 0.3) is 0 Å². The molecule has 0 saturated heterocycles. The average molecular weight is 391 g/mol. The quantitative estimate of drug-likeness (QED) is 0.615. The van der Waals surface area contributed by atoms with Gasteiger partial charge in [0.2, 0.25) is 11.8 Å². The molecule has 4 nitrogen and oxygen atoms in total. The number of hydrogen-bond donors (Lipinski definition) is 1. The summed E-state index contributed by atoms with van der Waals surface area (Å²) in [6, 6.07) is 17.8. The van der Waals surface area contributed by atoms with E-state index in [-0.39, 0.29) is 30.3 Å². The molecule has 2 atom stereocenters. The van der Waals surface area contributed by atoms with E-state index in [4.69, 9.17) is 0 Å². The Hall–Kier alpha value is -2.88. The summed E-state index contributed by atoms with van der Waals surface area (Å²) < 4.78 is 0. The maximum absolute atomic E-state index is 13.0. The van der Waals surface area contributed by atoms with Crippen LogP contribution in [0.1, 0.15) is 74.7 Å². The largest absolute Gasteiger partial charge is 0.349 e. The number of benzene rings is 2. The highest BCUT2D eigenvalue weighted by molar-refractivity contribution is 5.82. The molecule has 0 bridgehead atoms. The predicted octanol–water partition coefficient (Wildman–Crippen LogP) is 5.39. The van der Waals surface area contributed by atoms with Crippen molar-refractivity contribution in [1.82, 2.24) is 10.2 Å². The van der Waals surface area contributed by atoms with E-state index in [1.54, 1.807) is 18.0 Å². The van der Waals surface area contributed by atoms with Gasteiger partial charge in [-0.05, 0) is 29.2 Å². The van der Waals surface area contributed by atoms with Crippen molar-refractivity contribution in [1.29, 1.82) is 0 Å². The monoisotopic (exact) mass is 390 g/mol. The Labute approximate surface area is 173 Å². The number of hydrogen-bond acceptors (Lipinski definition) is 2. The van der Waals surface area contributed by atoms with E-state index < -0.39 is 0 Å². The number of nitrogens with one attached hydrogen (secondary N) is 1. The van der Waals surface area contributed by atoms with Crippen LogP contribution in [0.5, 0.6) is 0 Å². The fourth-order valence-electron chi connectivity index (χ4n) is 3.95. The zero-order chi connectivity index (χ0) is 20.6. The van der Waals surface area contributed by atoms with Crippen LogP contribution in [0.4, 0.5) is 0 Å². The lowest BCUT2D eigenvalue weighted by atomic mass is 9.93. The molecule has 29 heavy (non-hydrogen) atoms. The summed E-state index contributed by atoms with van der Waals surface area (Å²) in [6.45, 7) is 3.72. The van der Waals surface area contributed by atoms with E-state index >= 15 is 0 Å². The highest BCUT2D eigenvalue weighted by Gasteiger charge is 2.28. The lowest BCUT2D eigenvalue weighted by Crippen LogP contribution is -2.36. The smallest absolute Gasteiger partial charge is 0.223 e. The van der Waals surface area contributed by atoms with E-state index in [1.807, 2.05) is 48.5 Å². The molecular weight excluding hydrogens is 360 g/mol. The summed E-state index contributed by atoms with van der Waals surface area (Å²) in [7, 11) is 0. The third-order valence-electron chi connectivity index (χ3n) is 5.48. The molecule has 1 N–H and O–H groups in total. The van der Waals surface area contributed by atoms with Gasteiger partial charge in [-0.3, -0.25) is 9.59 Å². The highest BCUT2D eigenvalue weighted by atomic mass is 16.2. The molecule has 1 heterocycles. The predicted molar refractivity (Wildman–Crippen MR) is 117 cm³/mol. The Morgan fingerprint density at radius 2 is 1.76 bits per heavy atom. The van der Waals surface area contributed by atoms with Crippen LogP contribution in [0.25, 0.3) is 6.08 Å². The molecule has 0 saturated carbocycles. The van der Waals surface area contributed by atoms with Crippen molar-refractivity contribution in [3.05, 3.63) is 77.5 Å². The molecule has 2 aromatic rings. The second-order valence-electron chi connectivity index (χ2n) is 7.62. The molecular formula is C25H30N2O2. The number of amides is 2. The normalized spacial score (nSPS) is 16.2. The Kier molecular flexibility index (Phi) is 7.23. The molecule has 3 rings (SSSR count). The van der Waals surface area contributed by atoms with Crippen molar-refractivity contribution >= 4 is 17.9 Å². The zero-order valence-corrected chi connectivity index (χ0v) is 17.3. The van der Waals surface area contributed by atoms with Crippen LogP contribution in [0, 0.1) is 0 Å². The Bertz CT molecular complexity index is 860. The number of nitrogens with zero attached hydrogens (tertiary/aromatic N) is 1. The summed E-state index contributed by atoms with van der Waals surface area (Å²) in [6.07, 6.45) is 8.26. The molecule has 1 aliphatic rings. The van der Waals surface area contributed by atoms with Gasteiger partial charge in [0, 0.05) is 13.1 Å². The second kappa shape index (κ2) is 10.1. The van der Waals surface area contributed by atoms with Gasteiger partial charge in [-0.2, -0.15) is 0 Å². The topological polar surface area (TPSA) is 49.4 Å². The van der Waals surface area contributed by atoms with E-state index in [9.17, 15) is 9.59 Å².